The highest BCUT2D eigenvalue weighted by molar-refractivity contribution is 7.89. The van der Waals surface area contributed by atoms with E-state index in [0.29, 0.717) is 0 Å². The summed E-state index contributed by atoms with van der Waals surface area (Å²) in [5, 5.41) is 4.77. The van der Waals surface area contributed by atoms with E-state index in [1.54, 1.807) is 0 Å². The molecule has 0 saturated heterocycles. The first-order valence-electron chi connectivity index (χ1n) is 2.60. The van der Waals surface area contributed by atoms with Crippen LogP contribution >= 0.6 is 0 Å². The van der Waals surface area contributed by atoms with Crippen LogP contribution in [0.25, 0.3) is 0 Å². The molecule has 0 fully saturated rings. The second-order valence-electron chi connectivity index (χ2n) is 1.82. The van der Waals surface area contributed by atoms with E-state index in [2.05, 4.69) is 9.97 Å². The summed E-state index contributed by atoms with van der Waals surface area (Å²) < 4.78 is 21.3. The minimum Gasteiger partial charge on any atom is -0.382 e. The van der Waals surface area contributed by atoms with Crippen LogP contribution in [-0.4, -0.2) is 18.4 Å². The fourth-order valence-corrected chi connectivity index (χ4v) is 1.10. The number of anilines is 1. The summed E-state index contributed by atoms with van der Waals surface area (Å²) >= 11 is 0. The molecule has 4 N–H and O–H groups in total. The standard InChI is InChI=1S/C4H6N4O2S/c5-4-3(11(6,9)10)1-7-2-8-4/h1-2H,(H2,5,7,8)(H2,6,9,10). The number of aromatic nitrogens is 2. The van der Waals surface area contributed by atoms with Crippen LogP contribution in [0.1, 0.15) is 0 Å². The third-order valence-corrected chi connectivity index (χ3v) is 1.94. The number of rotatable bonds is 1. The smallest absolute Gasteiger partial charge is 0.243 e. The molecule has 1 heterocycles. The minimum absolute atomic E-state index is 0.137. The van der Waals surface area contributed by atoms with Crippen molar-refractivity contribution in [3.05, 3.63) is 12.5 Å². The van der Waals surface area contributed by atoms with E-state index in [0.717, 1.165) is 12.5 Å². The normalized spacial score (nSPS) is 11.4. The fraction of sp³-hybridized carbons (Fsp3) is 0. The van der Waals surface area contributed by atoms with Gasteiger partial charge in [0, 0.05) is 0 Å². The van der Waals surface area contributed by atoms with Crippen molar-refractivity contribution in [2.45, 2.75) is 4.90 Å². The molecule has 0 amide bonds. The van der Waals surface area contributed by atoms with Crippen LogP contribution in [0.2, 0.25) is 0 Å². The molecule has 0 spiro atoms. The van der Waals surface area contributed by atoms with Crippen LogP contribution in [0.3, 0.4) is 0 Å². The third kappa shape index (κ3) is 1.63. The number of hydrogen-bond donors (Lipinski definition) is 2. The lowest BCUT2D eigenvalue weighted by atomic mass is 10.6. The molecule has 60 valence electrons. The first-order chi connectivity index (χ1) is 5.02. The molecule has 0 aliphatic rings. The Balaban J connectivity index is 3.37. The van der Waals surface area contributed by atoms with Gasteiger partial charge in [-0.15, -0.1) is 0 Å². The monoisotopic (exact) mass is 174 g/mol. The third-order valence-electron chi connectivity index (χ3n) is 1.01. The minimum atomic E-state index is -3.78. The largest absolute Gasteiger partial charge is 0.382 e. The molecular weight excluding hydrogens is 168 g/mol. The van der Waals surface area contributed by atoms with Crippen molar-refractivity contribution < 1.29 is 8.42 Å². The second-order valence-corrected chi connectivity index (χ2v) is 3.35. The Morgan fingerprint density at radius 2 is 2.09 bits per heavy atom. The van der Waals surface area contributed by atoms with E-state index >= 15 is 0 Å². The Kier molecular flexibility index (Phi) is 1.75. The highest BCUT2D eigenvalue weighted by Crippen LogP contribution is 2.09. The summed E-state index contributed by atoms with van der Waals surface area (Å²) in [5.41, 5.74) is 5.20. The van der Waals surface area contributed by atoms with Gasteiger partial charge in [-0.2, -0.15) is 0 Å². The average Bonchev–Trinajstić information content (AvgIpc) is 1.86. The Morgan fingerprint density at radius 1 is 1.45 bits per heavy atom. The van der Waals surface area contributed by atoms with Crippen molar-refractivity contribution in [3.8, 4) is 0 Å². The van der Waals surface area contributed by atoms with Crippen LogP contribution in [0.15, 0.2) is 17.4 Å². The SMILES string of the molecule is Nc1ncncc1S(N)(=O)=O. The van der Waals surface area contributed by atoms with Gasteiger partial charge in [0.25, 0.3) is 0 Å². The number of nitrogens with two attached hydrogens (primary N) is 2. The van der Waals surface area contributed by atoms with Gasteiger partial charge in [0.1, 0.15) is 17.0 Å². The molecule has 0 bridgehead atoms. The van der Waals surface area contributed by atoms with Crippen LogP contribution in [0, 0.1) is 0 Å². The Morgan fingerprint density at radius 3 is 2.45 bits per heavy atom. The lowest BCUT2D eigenvalue weighted by Crippen LogP contribution is -2.15. The molecule has 0 aliphatic carbocycles. The van der Waals surface area contributed by atoms with E-state index in [1.165, 1.54) is 0 Å². The van der Waals surface area contributed by atoms with Crippen molar-refractivity contribution in [3.63, 3.8) is 0 Å². The molecule has 0 unspecified atom stereocenters. The summed E-state index contributed by atoms with van der Waals surface area (Å²) in [6.07, 6.45) is 2.20. The molecule has 11 heavy (non-hydrogen) atoms. The summed E-state index contributed by atoms with van der Waals surface area (Å²) in [4.78, 5) is 6.66. The van der Waals surface area contributed by atoms with Gasteiger partial charge in [-0.3, -0.25) is 0 Å². The topological polar surface area (TPSA) is 112 Å². The molecule has 0 atom stereocenters. The van der Waals surface area contributed by atoms with Gasteiger partial charge in [0.15, 0.2) is 0 Å². The Hall–Kier alpha value is -1.21. The maximum atomic E-state index is 10.7. The highest BCUT2D eigenvalue weighted by Gasteiger charge is 2.11. The predicted molar refractivity (Wildman–Crippen MR) is 37.8 cm³/mol. The van der Waals surface area contributed by atoms with Crippen LogP contribution < -0.4 is 10.9 Å². The van der Waals surface area contributed by atoms with Gasteiger partial charge in [0.2, 0.25) is 10.0 Å². The van der Waals surface area contributed by atoms with Crippen molar-refractivity contribution in [1.82, 2.24) is 9.97 Å². The molecule has 6 nitrogen and oxygen atoms in total. The number of primary sulfonamides is 1. The number of sulfonamides is 1. The summed E-state index contributed by atoms with van der Waals surface area (Å²) in [5.74, 6) is -0.137. The van der Waals surface area contributed by atoms with Gasteiger partial charge in [-0.1, -0.05) is 0 Å². The fourth-order valence-electron chi connectivity index (χ4n) is 0.546. The summed E-state index contributed by atoms with van der Waals surface area (Å²) in [7, 11) is -3.78. The zero-order valence-electron chi connectivity index (χ0n) is 5.43. The van der Waals surface area contributed by atoms with Gasteiger partial charge in [-0.25, -0.2) is 23.5 Å². The van der Waals surface area contributed by atoms with E-state index in [-0.39, 0.29) is 10.7 Å². The molecule has 7 heteroatoms. The molecule has 0 aromatic carbocycles. The van der Waals surface area contributed by atoms with Crippen LogP contribution in [0.4, 0.5) is 5.82 Å². The zero-order chi connectivity index (χ0) is 8.48. The molecule has 0 saturated carbocycles. The Bertz CT molecular complexity index is 360. The summed E-state index contributed by atoms with van der Waals surface area (Å²) in [6.45, 7) is 0. The van der Waals surface area contributed by atoms with Crippen LogP contribution in [0.5, 0.6) is 0 Å². The maximum absolute atomic E-state index is 10.7. The zero-order valence-corrected chi connectivity index (χ0v) is 6.25. The van der Waals surface area contributed by atoms with E-state index in [9.17, 15) is 8.42 Å². The van der Waals surface area contributed by atoms with Crippen molar-refractivity contribution in [1.29, 1.82) is 0 Å². The van der Waals surface area contributed by atoms with Gasteiger partial charge < -0.3 is 5.73 Å². The first kappa shape index (κ1) is 7.89. The maximum Gasteiger partial charge on any atom is 0.243 e. The highest BCUT2D eigenvalue weighted by atomic mass is 32.2. The van der Waals surface area contributed by atoms with Crippen LogP contribution in [-0.2, 0) is 10.0 Å². The average molecular weight is 174 g/mol. The lowest BCUT2D eigenvalue weighted by Gasteiger charge is -1.98. The molecular formula is C4H6N4O2S. The first-order valence-corrected chi connectivity index (χ1v) is 4.15. The number of nitrogen functional groups attached to an aromatic ring is 1. The quantitative estimate of drug-likeness (QED) is 0.549. The van der Waals surface area contributed by atoms with E-state index in [4.69, 9.17) is 10.9 Å². The summed E-state index contributed by atoms with van der Waals surface area (Å²) in [6, 6.07) is 0. The van der Waals surface area contributed by atoms with Gasteiger partial charge in [-0.05, 0) is 0 Å². The van der Waals surface area contributed by atoms with Crippen molar-refractivity contribution >= 4 is 15.8 Å². The van der Waals surface area contributed by atoms with Crippen molar-refractivity contribution in [2.24, 2.45) is 5.14 Å². The Labute approximate surface area is 63.3 Å². The second kappa shape index (κ2) is 2.44. The van der Waals surface area contributed by atoms with Gasteiger partial charge in [0.05, 0.1) is 6.20 Å². The van der Waals surface area contributed by atoms with Crippen molar-refractivity contribution in [2.75, 3.05) is 5.73 Å². The number of hydrogen-bond acceptors (Lipinski definition) is 5. The number of nitrogens with zero attached hydrogens (tertiary/aromatic N) is 2. The molecule has 0 radical (unpaired) electrons. The lowest BCUT2D eigenvalue weighted by molar-refractivity contribution is 0.597. The molecule has 0 aliphatic heterocycles. The van der Waals surface area contributed by atoms with E-state index in [1.807, 2.05) is 0 Å². The molecule has 1 rings (SSSR count). The van der Waals surface area contributed by atoms with Gasteiger partial charge >= 0.3 is 0 Å². The predicted octanol–water partition coefficient (Wildman–Crippen LogP) is -1.29. The molecule has 1 aromatic heterocycles. The molecule has 1 aromatic rings. The van der Waals surface area contributed by atoms with E-state index < -0.39 is 10.0 Å².